The number of carbonyl (C=O) groups is 1. The fraction of sp³-hybridized carbons (Fsp3) is 0.875. The van der Waals surface area contributed by atoms with Crippen LogP contribution in [0, 0.1) is 5.41 Å². The van der Waals surface area contributed by atoms with Crippen LogP contribution in [0.25, 0.3) is 0 Å². The van der Waals surface area contributed by atoms with Crippen molar-refractivity contribution in [2.24, 2.45) is 5.41 Å². The van der Waals surface area contributed by atoms with Crippen LogP contribution in [0.5, 0.6) is 0 Å². The molecule has 0 atom stereocenters. The maximum atomic E-state index is 11.2. The van der Waals surface area contributed by atoms with Gasteiger partial charge in [0.1, 0.15) is 5.78 Å². The standard InChI is InChI=1S/C8H15ClO/c1-8(2,3)7(10)5-4-6-9/h4-6H2,1-3H3. The van der Waals surface area contributed by atoms with Crippen molar-refractivity contribution in [3.8, 4) is 0 Å². The molecule has 0 aliphatic rings. The molecule has 0 aliphatic heterocycles. The lowest BCUT2D eigenvalue weighted by Gasteiger charge is -2.15. The number of hydrogen-bond donors (Lipinski definition) is 0. The summed E-state index contributed by atoms with van der Waals surface area (Å²) in [5, 5.41) is 0. The molecule has 2 heteroatoms. The second kappa shape index (κ2) is 3.97. The van der Waals surface area contributed by atoms with Crippen LogP contribution < -0.4 is 0 Å². The molecule has 1 nitrogen and oxygen atoms in total. The van der Waals surface area contributed by atoms with Crippen LogP contribution in [0.3, 0.4) is 0 Å². The van der Waals surface area contributed by atoms with E-state index >= 15 is 0 Å². The Balaban J connectivity index is 3.64. The number of ketones is 1. The Bertz CT molecular complexity index is 113. The van der Waals surface area contributed by atoms with Gasteiger partial charge in [-0.3, -0.25) is 4.79 Å². The molecule has 0 unspecified atom stereocenters. The van der Waals surface area contributed by atoms with E-state index in [0.29, 0.717) is 18.1 Å². The average Bonchev–Trinajstić information content (AvgIpc) is 1.80. The monoisotopic (exact) mass is 162 g/mol. The first-order valence-electron chi connectivity index (χ1n) is 3.57. The molecule has 60 valence electrons. The van der Waals surface area contributed by atoms with Crippen LogP contribution in [-0.2, 0) is 4.79 Å². The summed E-state index contributed by atoms with van der Waals surface area (Å²) in [6.07, 6.45) is 1.42. The van der Waals surface area contributed by atoms with Crippen LogP contribution in [0.2, 0.25) is 0 Å². The average molecular weight is 163 g/mol. The second-order valence-electron chi connectivity index (χ2n) is 3.47. The summed E-state index contributed by atoms with van der Waals surface area (Å²) >= 11 is 5.44. The van der Waals surface area contributed by atoms with E-state index in [4.69, 9.17) is 11.6 Å². The first-order valence-corrected chi connectivity index (χ1v) is 4.11. The lowest BCUT2D eigenvalue weighted by Crippen LogP contribution is -2.19. The molecular formula is C8H15ClO. The van der Waals surface area contributed by atoms with Gasteiger partial charge in [0.25, 0.3) is 0 Å². The maximum Gasteiger partial charge on any atom is 0.138 e. The summed E-state index contributed by atoms with van der Waals surface area (Å²) in [7, 11) is 0. The zero-order valence-corrected chi connectivity index (χ0v) is 7.66. The Labute approximate surface area is 67.8 Å². The molecule has 0 aromatic heterocycles. The summed E-state index contributed by atoms with van der Waals surface area (Å²) in [6, 6.07) is 0. The molecule has 0 saturated heterocycles. The Morgan fingerprint density at radius 3 is 2.20 bits per heavy atom. The van der Waals surface area contributed by atoms with E-state index in [1.807, 2.05) is 20.8 Å². The van der Waals surface area contributed by atoms with Gasteiger partial charge >= 0.3 is 0 Å². The van der Waals surface area contributed by atoms with Gasteiger partial charge in [0.15, 0.2) is 0 Å². The Hall–Kier alpha value is -0.0400. The van der Waals surface area contributed by atoms with Crippen LogP contribution in [0.1, 0.15) is 33.6 Å². The SMILES string of the molecule is CC(C)(C)C(=O)CCCCl. The molecule has 0 aromatic rings. The summed E-state index contributed by atoms with van der Waals surface area (Å²) in [5.41, 5.74) is -0.188. The zero-order chi connectivity index (χ0) is 8.20. The normalized spacial score (nSPS) is 11.6. The fourth-order valence-electron chi connectivity index (χ4n) is 0.602. The minimum Gasteiger partial charge on any atom is -0.299 e. The van der Waals surface area contributed by atoms with Gasteiger partial charge in [-0.05, 0) is 6.42 Å². The largest absolute Gasteiger partial charge is 0.299 e. The molecule has 10 heavy (non-hydrogen) atoms. The Morgan fingerprint density at radius 1 is 1.40 bits per heavy atom. The number of rotatable bonds is 3. The van der Waals surface area contributed by atoms with E-state index in [1.54, 1.807) is 0 Å². The van der Waals surface area contributed by atoms with Crippen molar-refractivity contribution in [2.45, 2.75) is 33.6 Å². The Morgan fingerprint density at radius 2 is 1.90 bits per heavy atom. The van der Waals surface area contributed by atoms with E-state index in [0.717, 1.165) is 6.42 Å². The highest BCUT2D eigenvalue weighted by molar-refractivity contribution is 6.17. The molecule has 0 radical (unpaired) electrons. The smallest absolute Gasteiger partial charge is 0.138 e. The Kier molecular flexibility index (Phi) is 3.95. The lowest BCUT2D eigenvalue weighted by molar-refractivity contribution is -0.126. The highest BCUT2D eigenvalue weighted by atomic mass is 35.5. The van der Waals surface area contributed by atoms with E-state index in [2.05, 4.69) is 0 Å². The van der Waals surface area contributed by atoms with Crippen molar-refractivity contribution in [3.63, 3.8) is 0 Å². The van der Waals surface area contributed by atoms with E-state index < -0.39 is 0 Å². The van der Waals surface area contributed by atoms with Crippen molar-refractivity contribution in [2.75, 3.05) is 5.88 Å². The molecular weight excluding hydrogens is 148 g/mol. The lowest BCUT2D eigenvalue weighted by atomic mass is 9.88. The van der Waals surface area contributed by atoms with Crippen LogP contribution in [0.4, 0.5) is 0 Å². The van der Waals surface area contributed by atoms with Gasteiger partial charge < -0.3 is 0 Å². The third-order valence-electron chi connectivity index (χ3n) is 1.37. The maximum absolute atomic E-state index is 11.2. The number of halogens is 1. The summed E-state index contributed by atoms with van der Waals surface area (Å²) in [6.45, 7) is 5.80. The molecule has 0 N–H and O–H groups in total. The minimum atomic E-state index is -0.188. The summed E-state index contributed by atoms with van der Waals surface area (Å²) < 4.78 is 0. The van der Waals surface area contributed by atoms with Gasteiger partial charge in [-0.1, -0.05) is 20.8 Å². The molecule has 0 aliphatic carbocycles. The fourth-order valence-corrected chi connectivity index (χ4v) is 0.736. The molecule has 0 heterocycles. The number of carbonyl (C=O) groups excluding carboxylic acids is 1. The first-order chi connectivity index (χ1) is 4.48. The highest BCUT2D eigenvalue weighted by Crippen LogP contribution is 2.17. The van der Waals surface area contributed by atoms with Gasteiger partial charge in [0.2, 0.25) is 0 Å². The third kappa shape index (κ3) is 3.89. The van der Waals surface area contributed by atoms with Gasteiger partial charge in [0.05, 0.1) is 0 Å². The van der Waals surface area contributed by atoms with Gasteiger partial charge in [0, 0.05) is 17.7 Å². The van der Waals surface area contributed by atoms with Gasteiger partial charge in [-0.25, -0.2) is 0 Å². The molecule has 0 bridgehead atoms. The zero-order valence-electron chi connectivity index (χ0n) is 6.91. The molecule has 0 amide bonds. The first kappa shape index (κ1) is 9.96. The minimum absolute atomic E-state index is 0.188. The van der Waals surface area contributed by atoms with Crippen LogP contribution >= 0.6 is 11.6 Å². The molecule has 0 rings (SSSR count). The molecule has 0 saturated carbocycles. The second-order valence-corrected chi connectivity index (χ2v) is 3.84. The van der Waals surface area contributed by atoms with Crippen molar-refractivity contribution in [1.29, 1.82) is 0 Å². The number of Topliss-reactive ketones (excluding diaryl/α,β-unsaturated/α-hetero) is 1. The van der Waals surface area contributed by atoms with Crippen molar-refractivity contribution >= 4 is 17.4 Å². The van der Waals surface area contributed by atoms with E-state index in [9.17, 15) is 4.79 Å². The van der Waals surface area contributed by atoms with Gasteiger partial charge in [-0.15, -0.1) is 11.6 Å². The van der Waals surface area contributed by atoms with Crippen LogP contribution in [-0.4, -0.2) is 11.7 Å². The number of alkyl halides is 1. The number of hydrogen-bond acceptors (Lipinski definition) is 1. The van der Waals surface area contributed by atoms with Crippen molar-refractivity contribution in [1.82, 2.24) is 0 Å². The summed E-state index contributed by atoms with van der Waals surface area (Å²) in [4.78, 5) is 11.2. The van der Waals surface area contributed by atoms with E-state index in [-0.39, 0.29) is 5.41 Å². The summed E-state index contributed by atoms with van der Waals surface area (Å²) in [5.74, 6) is 0.884. The predicted molar refractivity (Wildman–Crippen MR) is 44.4 cm³/mol. The van der Waals surface area contributed by atoms with Crippen LogP contribution in [0.15, 0.2) is 0 Å². The molecule has 0 fully saturated rings. The van der Waals surface area contributed by atoms with Gasteiger partial charge in [-0.2, -0.15) is 0 Å². The topological polar surface area (TPSA) is 17.1 Å². The van der Waals surface area contributed by atoms with Crippen molar-refractivity contribution in [3.05, 3.63) is 0 Å². The van der Waals surface area contributed by atoms with E-state index in [1.165, 1.54) is 0 Å². The van der Waals surface area contributed by atoms with Crippen molar-refractivity contribution < 1.29 is 4.79 Å². The molecule has 0 aromatic carbocycles. The highest BCUT2D eigenvalue weighted by Gasteiger charge is 2.19. The quantitative estimate of drug-likeness (QED) is 0.584. The third-order valence-corrected chi connectivity index (χ3v) is 1.64. The predicted octanol–water partition coefficient (Wildman–Crippen LogP) is 2.62. The molecule has 0 spiro atoms.